The van der Waals surface area contributed by atoms with Crippen LogP contribution in [0, 0.1) is 5.82 Å². The van der Waals surface area contributed by atoms with Crippen molar-refractivity contribution in [3.05, 3.63) is 82.4 Å². The second kappa shape index (κ2) is 9.92. The zero-order chi connectivity index (χ0) is 27.1. The minimum atomic E-state index is -0.429. The molecule has 10 heteroatoms. The first kappa shape index (κ1) is 25.2. The molecule has 0 bridgehead atoms. The van der Waals surface area contributed by atoms with Gasteiger partial charge in [-0.25, -0.2) is 19.2 Å². The van der Waals surface area contributed by atoms with Crippen molar-refractivity contribution in [1.29, 1.82) is 0 Å². The van der Waals surface area contributed by atoms with Crippen LogP contribution in [0.2, 0.25) is 0 Å². The first-order valence-electron chi connectivity index (χ1n) is 13.2. The van der Waals surface area contributed by atoms with Crippen LogP contribution in [0.3, 0.4) is 0 Å². The summed E-state index contributed by atoms with van der Waals surface area (Å²) in [5.41, 5.74) is 3.03. The molecule has 9 nitrogen and oxygen atoms in total. The van der Waals surface area contributed by atoms with Crippen molar-refractivity contribution in [2.75, 3.05) is 43.2 Å². The van der Waals surface area contributed by atoms with Crippen molar-refractivity contribution in [3.8, 4) is 0 Å². The van der Waals surface area contributed by atoms with Gasteiger partial charge in [0.25, 0.3) is 5.91 Å². The molecule has 1 atom stereocenters. The number of fused-ring (bicyclic) bond motifs is 2. The Morgan fingerprint density at radius 2 is 1.95 bits per heavy atom. The number of ether oxygens (including phenoxy) is 1. The molecule has 0 radical (unpaired) electrons. The number of anilines is 2. The van der Waals surface area contributed by atoms with Crippen LogP contribution < -0.4 is 15.5 Å². The summed E-state index contributed by atoms with van der Waals surface area (Å²) in [6, 6.07) is 14.1. The molecular weight excluding hydrogens is 499 g/mol. The molecule has 1 N–H and O–H groups in total. The number of imidazole rings is 1. The fraction of sp³-hybridized carbons (Fsp3) is 0.379. The number of nitrogens with one attached hydrogen (secondary N) is 1. The van der Waals surface area contributed by atoms with Crippen molar-refractivity contribution in [3.63, 3.8) is 0 Å². The van der Waals surface area contributed by atoms with E-state index in [0.717, 1.165) is 29.4 Å². The third-order valence-electron chi connectivity index (χ3n) is 8.16. The average molecular weight is 531 g/mol. The Hall–Kier alpha value is -4.05. The van der Waals surface area contributed by atoms with E-state index in [2.05, 4.69) is 19.9 Å². The maximum atomic E-state index is 14.2. The van der Waals surface area contributed by atoms with Gasteiger partial charge < -0.3 is 19.5 Å². The van der Waals surface area contributed by atoms with Gasteiger partial charge >= 0.3 is 5.69 Å². The minimum Gasteiger partial charge on any atom is -0.385 e. The number of benzene rings is 2. The number of nitrogens with zero attached hydrogens (tertiary/aromatic N) is 5. The number of carbonyl (C=O) groups is 1. The van der Waals surface area contributed by atoms with E-state index in [-0.39, 0.29) is 23.5 Å². The lowest BCUT2D eigenvalue weighted by Gasteiger charge is -2.33. The zero-order valence-electron chi connectivity index (χ0n) is 22.1. The molecule has 1 amide bonds. The van der Waals surface area contributed by atoms with E-state index in [1.807, 2.05) is 35.8 Å². The lowest BCUT2D eigenvalue weighted by atomic mass is 9.81. The predicted octanol–water partition coefficient (Wildman–Crippen LogP) is 4.05. The normalized spacial score (nSPS) is 19.6. The first-order valence-corrected chi connectivity index (χ1v) is 13.2. The number of aromatic amines is 1. The molecule has 4 aromatic rings. The van der Waals surface area contributed by atoms with E-state index in [0.29, 0.717) is 49.9 Å². The van der Waals surface area contributed by atoms with Crippen LogP contribution in [-0.2, 0) is 10.2 Å². The molecular formula is C29H31FN6O3. The molecule has 6 rings (SSSR count). The van der Waals surface area contributed by atoms with Gasteiger partial charge in [-0.1, -0.05) is 19.1 Å². The maximum absolute atomic E-state index is 14.2. The molecule has 39 heavy (non-hydrogen) atoms. The molecule has 2 aromatic carbocycles. The van der Waals surface area contributed by atoms with Crippen molar-refractivity contribution in [2.24, 2.45) is 0 Å². The van der Waals surface area contributed by atoms with Gasteiger partial charge in [0.05, 0.1) is 11.0 Å². The number of H-pyrrole nitrogens is 1. The molecule has 4 heterocycles. The Morgan fingerprint density at radius 3 is 2.74 bits per heavy atom. The van der Waals surface area contributed by atoms with Gasteiger partial charge in [-0.3, -0.25) is 9.36 Å². The van der Waals surface area contributed by atoms with Gasteiger partial charge in [0.1, 0.15) is 23.7 Å². The number of piperidine rings is 1. The highest BCUT2D eigenvalue weighted by Crippen LogP contribution is 2.43. The highest BCUT2D eigenvalue weighted by molar-refractivity contribution is 6.06. The van der Waals surface area contributed by atoms with E-state index < -0.39 is 5.41 Å². The fourth-order valence-electron chi connectivity index (χ4n) is 6.03. The quantitative estimate of drug-likeness (QED) is 0.404. The number of rotatable bonds is 6. The molecule has 2 aliphatic heterocycles. The van der Waals surface area contributed by atoms with E-state index in [1.165, 1.54) is 18.5 Å². The second-order valence-corrected chi connectivity index (χ2v) is 10.7. The highest BCUT2D eigenvalue weighted by atomic mass is 19.1. The van der Waals surface area contributed by atoms with E-state index in [1.54, 1.807) is 24.1 Å². The van der Waals surface area contributed by atoms with Crippen LogP contribution in [0.1, 0.15) is 48.3 Å². The maximum Gasteiger partial charge on any atom is 0.326 e. The number of amides is 1. The average Bonchev–Trinajstić information content (AvgIpc) is 3.45. The largest absolute Gasteiger partial charge is 0.385 e. The Morgan fingerprint density at radius 1 is 1.15 bits per heavy atom. The lowest BCUT2D eigenvalue weighted by molar-refractivity contribution is 0.0977. The summed E-state index contributed by atoms with van der Waals surface area (Å²) in [6.07, 6.45) is 3.63. The van der Waals surface area contributed by atoms with E-state index in [9.17, 15) is 14.0 Å². The summed E-state index contributed by atoms with van der Waals surface area (Å²) in [6.45, 7) is 4.35. The Labute approximate surface area is 225 Å². The van der Waals surface area contributed by atoms with Crippen LogP contribution in [0.25, 0.3) is 11.0 Å². The van der Waals surface area contributed by atoms with Gasteiger partial charge in [-0.15, -0.1) is 0 Å². The van der Waals surface area contributed by atoms with Gasteiger partial charge in [0, 0.05) is 56.6 Å². The summed E-state index contributed by atoms with van der Waals surface area (Å²) in [5, 5.41) is 0. The standard InChI is InChI=1S/C29H31FN6O3/c1-29(11-14-39-2)17-35(24-8-7-19(30)15-21(24)29)27(37)23-16-26(32-18-31-23)34-12-9-20(10-13-34)36-25-6-4-3-5-22(25)33-28(36)38/h3-8,15-16,18,20H,9-14,17H2,1-2H3,(H,33,38). The first-order chi connectivity index (χ1) is 18.9. The number of methoxy groups -OCH3 is 1. The van der Waals surface area contributed by atoms with Crippen molar-refractivity contribution in [1.82, 2.24) is 19.5 Å². The van der Waals surface area contributed by atoms with Gasteiger partial charge in [-0.05, 0) is 55.2 Å². The highest BCUT2D eigenvalue weighted by Gasteiger charge is 2.42. The molecule has 0 aliphatic carbocycles. The van der Waals surface area contributed by atoms with Gasteiger partial charge in [0.2, 0.25) is 0 Å². The summed E-state index contributed by atoms with van der Waals surface area (Å²) in [4.78, 5) is 41.9. The van der Waals surface area contributed by atoms with Gasteiger partial charge in [-0.2, -0.15) is 0 Å². The SMILES string of the molecule is COCCC1(C)CN(C(=O)c2cc(N3CCC(n4c(=O)[nH]c5ccccc54)CC3)ncn2)c2ccc(F)cc21. The fourth-order valence-corrected chi connectivity index (χ4v) is 6.03. The number of carbonyl (C=O) groups excluding carboxylic acids is 1. The number of halogens is 1. The number of hydrogen-bond donors (Lipinski definition) is 1. The molecule has 2 aliphatic rings. The van der Waals surface area contributed by atoms with Crippen LogP contribution >= 0.6 is 0 Å². The van der Waals surface area contributed by atoms with Crippen molar-refractivity contribution >= 4 is 28.4 Å². The van der Waals surface area contributed by atoms with Gasteiger partial charge in [0.15, 0.2) is 0 Å². The number of para-hydroxylation sites is 2. The summed E-state index contributed by atoms with van der Waals surface area (Å²) < 4.78 is 21.3. The number of hydrogen-bond acceptors (Lipinski definition) is 6. The molecule has 2 aromatic heterocycles. The minimum absolute atomic E-state index is 0.0825. The molecule has 202 valence electrons. The Kier molecular flexibility index (Phi) is 6.42. The molecule has 0 spiro atoms. The Bertz CT molecular complexity index is 1590. The van der Waals surface area contributed by atoms with Crippen LogP contribution in [0.5, 0.6) is 0 Å². The number of aromatic nitrogens is 4. The topological polar surface area (TPSA) is 96.3 Å². The second-order valence-electron chi connectivity index (χ2n) is 10.7. The molecule has 1 saturated heterocycles. The van der Waals surface area contributed by atoms with E-state index in [4.69, 9.17) is 4.74 Å². The third kappa shape index (κ3) is 4.48. The summed E-state index contributed by atoms with van der Waals surface area (Å²) >= 11 is 0. The van der Waals surface area contributed by atoms with Crippen LogP contribution in [0.4, 0.5) is 15.9 Å². The molecule has 1 unspecified atom stereocenters. The van der Waals surface area contributed by atoms with Crippen LogP contribution in [0.15, 0.2) is 59.7 Å². The summed E-state index contributed by atoms with van der Waals surface area (Å²) in [7, 11) is 1.64. The summed E-state index contributed by atoms with van der Waals surface area (Å²) in [5.74, 6) is 0.112. The van der Waals surface area contributed by atoms with Crippen molar-refractivity contribution in [2.45, 2.75) is 37.6 Å². The van der Waals surface area contributed by atoms with Crippen LogP contribution in [-0.4, -0.2) is 58.8 Å². The lowest BCUT2D eigenvalue weighted by Crippen LogP contribution is -2.38. The monoisotopic (exact) mass is 530 g/mol. The Balaban J connectivity index is 1.21. The molecule has 1 fully saturated rings. The van der Waals surface area contributed by atoms with Crippen molar-refractivity contribution < 1.29 is 13.9 Å². The van der Waals surface area contributed by atoms with E-state index >= 15 is 0 Å². The predicted molar refractivity (Wildman–Crippen MR) is 147 cm³/mol. The molecule has 0 saturated carbocycles. The smallest absolute Gasteiger partial charge is 0.326 e. The third-order valence-corrected chi connectivity index (χ3v) is 8.16. The zero-order valence-corrected chi connectivity index (χ0v) is 22.1.